The van der Waals surface area contributed by atoms with Crippen molar-refractivity contribution in [2.75, 3.05) is 12.4 Å². The van der Waals surface area contributed by atoms with Gasteiger partial charge in [-0.2, -0.15) is 4.98 Å². The van der Waals surface area contributed by atoms with E-state index in [1.165, 1.54) is 0 Å². The molecule has 22 heavy (non-hydrogen) atoms. The van der Waals surface area contributed by atoms with Gasteiger partial charge in [-0.3, -0.25) is 5.10 Å². The zero-order chi connectivity index (χ0) is 15.1. The van der Waals surface area contributed by atoms with Gasteiger partial charge in [0, 0.05) is 5.02 Å². The number of anilines is 2. The molecule has 0 radical (unpaired) electrons. The number of fused-ring (bicyclic) bond motifs is 3. The van der Waals surface area contributed by atoms with E-state index in [1.54, 1.807) is 7.11 Å². The first-order chi connectivity index (χ1) is 10.7. The van der Waals surface area contributed by atoms with Gasteiger partial charge in [0.1, 0.15) is 5.75 Å². The van der Waals surface area contributed by atoms with E-state index >= 15 is 0 Å². The van der Waals surface area contributed by atoms with Crippen molar-refractivity contribution < 1.29 is 4.74 Å². The van der Waals surface area contributed by atoms with Gasteiger partial charge in [-0.05, 0) is 30.3 Å². The molecule has 0 saturated heterocycles. The second-order valence-electron chi connectivity index (χ2n) is 4.78. The molecule has 0 amide bonds. The lowest BCUT2D eigenvalue weighted by Gasteiger charge is -2.07. The average Bonchev–Trinajstić information content (AvgIpc) is 3.04. The number of nitrogens with one attached hydrogen (secondary N) is 2. The highest BCUT2D eigenvalue weighted by Gasteiger charge is 2.11. The number of hydrogen-bond donors (Lipinski definition) is 2. The largest absolute Gasteiger partial charge is 0.495 e. The first-order valence-corrected chi connectivity index (χ1v) is 7.06. The van der Waals surface area contributed by atoms with Crippen molar-refractivity contribution in [3.63, 3.8) is 0 Å². The van der Waals surface area contributed by atoms with Gasteiger partial charge in [0.25, 0.3) is 5.78 Å². The molecule has 0 bridgehead atoms. The van der Waals surface area contributed by atoms with Crippen molar-refractivity contribution in [3.05, 3.63) is 47.5 Å². The molecule has 0 spiro atoms. The van der Waals surface area contributed by atoms with E-state index in [0.717, 1.165) is 22.5 Å². The maximum absolute atomic E-state index is 5.98. The Bertz CT molecular complexity index is 975. The van der Waals surface area contributed by atoms with Gasteiger partial charge in [0.15, 0.2) is 0 Å². The standard InChI is InChI=1S/C15H12ClN5O/c1-22-13-5-3-2-4-10(13)17-14-19-15-18-11-8-9(16)6-7-12(11)21(15)20-14/h2-8H,1H3,(H2,17,18,19,20). The van der Waals surface area contributed by atoms with Crippen LogP contribution in [0.4, 0.5) is 11.6 Å². The van der Waals surface area contributed by atoms with E-state index in [9.17, 15) is 0 Å². The van der Waals surface area contributed by atoms with Crippen molar-refractivity contribution >= 4 is 40.0 Å². The summed E-state index contributed by atoms with van der Waals surface area (Å²) >= 11 is 5.98. The van der Waals surface area contributed by atoms with Crippen LogP contribution in [0.15, 0.2) is 42.5 Å². The van der Waals surface area contributed by atoms with Crippen LogP contribution in [0, 0.1) is 0 Å². The summed E-state index contributed by atoms with van der Waals surface area (Å²) in [6, 6.07) is 13.2. The van der Waals surface area contributed by atoms with Gasteiger partial charge in [-0.1, -0.05) is 23.7 Å². The maximum atomic E-state index is 5.98. The van der Waals surface area contributed by atoms with Crippen molar-refractivity contribution in [1.82, 2.24) is 19.6 Å². The van der Waals surface area contributed by atoms with Crippen LogP contribution in [0.1, 0.15) is 0 Å². The molecule has 110 valence electrons. The minimum Gasteiger partial charge on any atom is -0.495 e. The van der Waals surface area contributed by atoms with E-state index in [4.69, 9.17) is 16.3 Å². The molecule has 2 aromatic carbocycles. The average molecular weight is 314 g/mol. The van der Waals surface area contributed by atoms with E-state index < -0.39 is 0 Å². The van der Waals surface area contributed by atoms with Gasteiger partial charge in [-0.15, -0.1) is 0 Å². The molecule has 2 heterocycles. The Hall–Kier alpha value is -2.73. The highest BCUT2D eigenvalue weighted by Crippen LogP contribution is 2.26. The van der Waals surface area contributed by atoms with E-state index in [1.807, 2.05) is 47.0 Å². The van der Waals surface area contributed by atoms with Crippen molar-refractivity contribution in [3.8, 4) is 5.75 Å². The molecule has 0 unspecified atom stereocenters. The Morgan fingerprint density at radius 2 is 2.05 bits per heavy atom. The third-order valence-corrected chi connectivity index (χ3v) is 3.62. The molecule has 0 aliphatic heterocycles. The second-order valence-corrected chi connectivity index (χ2v) is 5.21. The molecule has 4 rings (SSSR count). The number of methoxy groups -OCH3 is 1. The van der Waals surface area contributed by atoms with Crippen LogP contribution in [0.2, 0.25) is 5.02 Å². The summed E-state index contributed by atoms with van der Waals surface area (Å²) in [6.07, 6.45) is 0. The molecule has 2 aromatic heterocycles. The lowest BCUT2D eigenvalue weighted by molar-refractivity contribution is 0.417. The first-order valence-electron chi connectivity index (χ1n) is 6.68. The van der Waals surface area contributed by atoms with Crippen LogP contribution in [-0.2, 0) is 0 Å². The van der Waals surface area contributed by atoms with Crippen molar-refractivity contribution in [1.29, 1.82) is 0 Å². The topological polar surface area (TPSA) is 67.2 Å². The fourth-order valence-corrected chi connectivity index (χ4v) is 2.55. The Labute approximate surface area is 130 Å². The van der Waals surface area contributed by atoms with E-state index in [2.05, 4.69) is 20.4 Å². The highest BCUT2D eigenvalue weighted by atomic mass is 35.5. The monoisotopic (exact) mass is 313 g/mol. The molecular formula is C15H12ClN5O. The number of para-hydroxylation sites is 2. The Morgan fingerprint density at radius 3 is 2.91 bits per heavy atom. The second kappa shape index (κ2) is 4.92. The van der Waals surface area contributed by atoms with Gasteiger partial charge in [0.05, 0.1) is 23.8 Å². The summed E-state index contributed by atoms with van der Waals surface area (Å²) in [5.74, 6) is 1.91. The van der Waals surface area contributed by atoms with Crippen LogP contribution in [-0.4, -0.2) is 26.7 Å². The smallest absolute Gasteiger partial charge is 0.253 e. The Balaban J connectivity index is 1.77. The number of halogens is 1. The number of imidazole rings is 1. The van der Waals surface area contributed by atoms with Crippen molar-refractivity contribution in [2.24, 2.45) is 0 Å². The van der Waals surface area contributed by atoms with E-state index in [-0.39, 0.29) is 0 Å². The third kappa shape index (κ3) is 2.05. The molecule has 0 aliphatic rings. The number of nitrogens with zero attached hydrogens (tertiary/aromatic N) is 3. The normalized spacial score (nSPS) is 11.2. The third-order valence-electron chi connectivity index (χ3n) is 3.39. The zero-order valence-corrected chi connectivity index (χ0v) is 12.4. The zero-order valence-electron chi connectivity index (χ0n) is 11.7. The SMILES string of the molecule is COc1ccccc1Nc1nc2nc3cc(Cl)ccc3n2[nH]1. The summed E-state index contributed by atoms with van der Waals surface area (Å²) in [4.78, 5) is 8.88. The molecule has 0 fully saturated rings. The molecule has 0 saturated carbocycles. The predicted molar refractivity (Wildman–Crippen MR) is 86.1 cm³/mol. The summed E-state index contributed by atoms with van der Waals surface area (Å²) in [7, 11) is 1.63. The molecule has 0 atom stereocenters. The van der Waals surface area contributed by atoms with Crippen LogP contribution in [0.5, 0.6) is 5.75 Å². The number of H-pyrrole nitrogens is 1. The molecule has 7 heteroatoms. The minimum absolute atomic E-state index is 0.578. The van der Waals surface area contributed by atoms with Crippen LogP contribution >= 0.6 is 11.6 Å². The Kier molecular flexibility index (Phi) is 2.90. The number of aromatic amines is 1. The maximum Gasteiger partial charge on any atom is 0.253 e. The quantitative estimate of drug-likeness (QED) is 0.606. The number of rotatable bonds is 3. The van der Waals surface area contributed by atoms with Gasteiger partial charge in [-0.25, -0.2) is 9.50 Å². The lowest BCUT2D eigenvalue weighted by Crippen LogP contribution is -1.96. The number of aromatic nitrogens is 4. The predicted octanol–water partition coefficient (Wildman–Crippen LogP) is 3.62. The summed E-state index contributed by atoms with van der Waals surface area (Å²) < 4.78 is 7.12. The number of benzene rings is 2. The molecule has 0 aliphatic carbocycles. The van der Waals surface area contributed by atoms with Crippen LogP contribution < -0.4 is 10.1 Å². The summed E-state index contributed by atoms with van der Waals surface area (Å²) in [5.41, 5.74) is 2.55. The van der Waals surface area contributed by atoms with Gasteiger partial charge in [0.2, 0.25) is 5.95 Å². The first kappa shape index (κ1) is 13.0. The molecule has 4 aromatic rings. The Morgan fingerprint density at radius 1 is 1.18 bits per heavy atom. The fourth-order valence-electron chi connectivity index (χ4n) is 2.39. The molecule has 6 nitrogen and oxygen atoms in total. The summed E-state index contributed by atoms with van der Waals surface area (Å²) in [5, 5.41) is 7.02. The number of hydrogen-bond acceptors (Lipinski definition) is 4. The van der Waals surface area contributed by atoms with Crippen LogP contribution in [0.25, 0.3) is 16.8 Å². The van der Waals surface area contributed by atoms with Gasteiger partial charge < -0.3 is 10.1 Å². The lowest BCUT2D eigenvalue weighted by atomic mass is 10.3. The molecular weight excluding hydrogens is 302 g/mol. The highest BCUT2D eigenvalue weighted by molar-refractivity contribution is 6.31. The van der Waals surface area contributed by atoms with E-state index in [0.29, 0.717) is 16.7 Å². The van der Waals surface area contributed by atoms with Crippen molar-refractivity contribution in [2.45, 2.75) is 0 Å². The molecule has 2 N–H and O–H groups in total. The van der Waals surface area contributed by atoms with Gasteiger partial charge >= 0.3 is 0 Å². The summed E-state index contributed by atoms with van der Waals surface area (Å²) in [6.45, 7) is 0. The number of ether oxygens (including phenoxy) is 1. The van der Waals surface area contributed by atoms with Crippen LogP contribution in [0.3, 0.4) is 0 Å². The fraction of sp³-hybridized carbons (Fsp3) is 0.0667. The minimum atomic E-state index is 0.578.